The number of allylic oxidation sites excluding steroid dienone is 1. The maximum absolute atomic E-state index is 13.8. The van der Waals surface area contributed by atoms with Crippen LogP contribution >= 0.6 is 0 Å². The minimum atomic E-state index is -1.44. The number of ether oxygens (including phenoxy) is 1. The first-order valence-corrected chi connectivity index (χ1v) is 7.44. The van der Waals surface area contributed by atoms with Gasteiger partial charge in [0.15, 0.2) is 0 Å². The Balaban J connectivity index is 1.88. The van der Waals surface area contributed by atoms with Crippen LogP contribution in [0.15, 0.2) is 65.5 Å². The smallest absolute Gasteiger partial charge is 0.241 e. The van der Waals surface area contributed by atoms with E-state index in [1.165, 1.54) is 18.4 Å². The Bertz CT molecular complexity index is 885. The fraction of sp³-hybridized carbons (Fsp3) is 0.105. The summed E-state index contributed by atoms with van der Waals surface area (Å²) in [6, 6.07) is 12.5. The largest absolute Gasteiger partial charge is 0.506 e. The molecule has 2 aromatic rings. The second-order valence-corrected chi connectivity index (χ2v) is 5.32. The van der Waals surface area contributed by atoms with Gasteiger partial charge in [0.1, 0.15) is 17.4 Å². The summed E-state index contributed by atoms with van der Waals surface area (Å²) in [4.78, 5) is 0. The van der Waals surface area contributed by atoms with Gasteiger partial charge in [0, 0.05) is 12.1 Å². The van der Waals surface area contributed by atoms with E-state index in [1.54, 1.807) is 0 Å². The minimum absolute atomic E-state index is 0.00771. The molecule has 1 aliphatic heterocycles. The zero-order valence-electron chi connectivity index (χ0n) is 13.0. The van der Waals surface area contributed by atoms with Gasteiger partial charge in [0.25, 0.3) is 0 Å². The molecule has 2 N–H and O–H groups in total. The second kappa shape index (κ2) is 7.16. The summed E-state index contributed by atoms with van der Waals surface area (Å²) in [6.07, 6.45) is 2.53. The molecule has 3 rings (SSSR count). The molecule has 1 aliphatic rings. The number of benzene rings is 2. The van der Waals surface area contributed by atoms with Gasteiger partial charge in [-0.15, -0.1) is 0 Å². The molecule has 0 saturated heterocycles. The van der Waals surface area contributed by atoms with Gasteiger partial charge in [-0.2, -0.15) is 5.10 Å². The van der Waals surface area contributed by atoms with E-state index >= 15 is 0 Å². The van der Waals surface area contributed by atoms with Crippen molar-refractivity contribution >= 4 is 6.21 Å². The Morgan fingerprint density at radius 2 is 1.96 bits per heavy atom. The van der Waals surface area contributed by atoms with Gasteiger partial charge in [0.2, 0.25) is 5.72 Å². The molecule has 0 aliphatic carbocycles. The number of halogens is 2. The van der Waals surface area contributed by atoms with E-state index < -0.39 is 17.4 Å². The van der Waals surface area contributed by atoms with Crippen molar-refractivity contribution in [2.45, 2.75) is 12.3 Å². The third-order valence-electron chi connectivity index (χ3n) is 3.40. The lowest BCUT2D eigenvalue weighted by Crippen LogP contribution is -2.44. The van der Waals surface area contributed by atoms with Crippen LogP contribution < -0.4 is 5.43 Å². The maximum Gasteiger partial charge on any atom is 0.241 e. The van der Waals surface area contributed by atoms with Crippen LogP contribution in [0.1, 0.15) is 11.1 Å². The Kier molecular flexibility index (Phi) is 4.78. The van der Waals surface area contributed by atoms with Crippen molar-refractivity contribution in [3.8, 4) is 11.8 Å². The molecular formula is C19H14F2N2O2. The van der Waals surface area contributed by atoms with Gasteiger partial charge < -0.3 is 9.84 Å². The zero-order valence-corrected chi connectivity index (χ0v) is 13.0. The molecule has 6 heteroatoms. The fourth-order valence-electron chi connectivity index (χ4n) is 2.17. The summed E-state index contributed by atoms with van der Waals surface area (Å²) in [5, 5.41) is 13.5. The lowest BCUT2D eigenvalue weighted by atomic mass is 10.1. The maximum atomic E-state index is 13.8. The number of rotatable bonds is 3. The molecule has 4 nitrogen and oxygen atoms in total. The first kappa shape index (κ1) is 16.7. The molecule has 25 heavy (non-hydrogen) atoms. The number of hydrazone groups is 1. The monoisotopic (exact) mass is 340 g/mol. The van der Waals surface area contributed by atoms with Crippen LogP contribution in [-0.2, 0) is 11.3 Å². The summed E-state index contributed by atoms with van der Waals surface area (Å²) in [5.41, 5.74) is 2.14. The standard InChI is InChI=1S/C19H14F2N2O2/c20-16-7-6-15(18(21)10-16)8-9-19(11-17(24)12-22-23-19)25-13-14-4-2-1-3-5-14/h1-7,10-12,23-24H,13H2. The van der Waals surface area contributed by atoms with Crippen molar-refractivity contribution in [3.63, 3.8) is 0 Å². The predicted octanol–water partition coefficient (Wildman–Crippen LogP) is 3.26. The molecular weight excluding hydrogens is 326 g/mol. The molecule has 0 spiro atoms. The molecule has 126 valence electrons. The van der Waals surface area contributed by atoms with Crippen LogP contribution in [0, 0.1) is 23.5 Å². The molecule has 1 heterocycles. The van der Waals surface area contributed by atoms with E-state index in [-0.39, 0.29) is 17.9 Å². The second-order valence-electron chi connectivity index (χ2n) is 5.32. The predicted molar refractivity (Wildman–Crippen MR) is 89.5 cm³/mol. The number of nitrogens with one attached hydrogen (secondary N) is 1. The van der Waals surface area contributed by atoms with Crippen molar-refractivity contribution < 1.29 is 18.6 Å². The van der Waals surface area contributed by atoms with E-state index in [0.717, 1.165) is 17.7 Å². The summed E-state index contributed by atoms with van der Waals surface area (Å²) in [6.45, 7) is 0.188. The summed E-state index contributed by atoms with van der Waals surface area (Å²) < 4.78 is 32.5. The minimum Gasteiger partial charge on any atom is -0.506 e. The van der Waals surface area contributed by atoms with Crippen LogP contribution in [-0.4, -0.2) is 17.0 Å². The van der Waals surface area contributed by atoms with Gasteiger partial charge in [-0.25, -0.2) is 8.78 Å². The van der Waals surface area contributed by atoms with Crippen LogP contribution in [0.4, 0.5) is 8.78 Å². The highest BCUT2D eigenvalue weighted by Crippen LogP contribution is 2.17. The van der Waals surface area contributed by atoms with Gasteiger partial charge in [0.05, 0.1) is 18.4 Å². The molecule has 0 radical (unpaired) electrons. The molecule has 0 fully saturated rings. The lowest BCUT2D eigenvalue weighted by Gasteiger charge is -2.27. The number of hydrogen-bond acceptors (Lipinski definition) is 4. The Morgan fingerprint density at radius 1 is 1.16 bits per heavy atom. The van der Waals surface area contributed by atoms with Crippen LogP contribution in [0.25, 0.3) is 0 Å². The van der Waals surface area contributed by atoms with E-state index in [2.05, 4.69) is 22.4 Å². The quantitative estimate of drug-likeness (QED) is 0.844. The number of hydrogen-bond donors (Lipinski definition) is 2. The van der Waals surface area contributed by atoms with Crippen LogP contribution in [0.3, 0.4) is 0 Å². The molecule has 0 amide bonds. The Hall–Kier alpha value is -3.17. The van der Waals surface area contributed by atoms with Gasteiger partial charge >= 0.3 is 0 Å². The Morgan fingerprint density at radius 3 is 2.68 bits per heavy atom. The van der Waals surface area contributed by atoms with E-state index in [9.17, 15) is 13.9 Å². The summed E-state index contributed by atoms with van der Waals surface area (Å²) in [5.74, 6) is 3.71. The van der Waals surface area contributed by atoms with Crippen molar-refractivity contribution in [2.75, 3.05) is 0 Å². The van der Waals surface area contributed by atoms with Crippen LogP contribution in [0.5, 0.6) is 0 Å². The highest BCUT2D eigenvalue weighted by molar-refractivity contribution is 5.76. The lowest BCUT2D eigenvalue weighted by molar-refractivity contribution is -0.00424. The van der Waals surface area contributed by atoms with Gasteiger partial charge in [-0.1, -0.05) is 36.3 Å². The van der Waals surface area contributed by atoms with Gasteiger partial charge in [-0.3, -0.25) is 5.43 Å². The first-order valence-electron chi connectivity index (χ1n) is 7.44. The van der Waals surface area contributed by atoms with Gasteiger partial charge in [-0.05, 0) is 23.6 Å². The topological polar surface area (TPSA) is 53.9 Å². The highest BCUT2D eigenvalue weighted by atomic mass is 19.1. The third kappa shape index (κ3) is 4.22. The highest BCUT2D eigenvalue weighted by Gasteiger charge is 2.29. The SMILES string of the molecule is OC1=CC(C#Cc2ccc(F)cc2F)(OCc2ccccc2)NN=C1. The van der Waals surface area contributed by atoms with Crippen molar-refractivity contribution in [1.82, 2.24) is 5.43 Å². The molecule has 1 atom stereocenters. The van der Waals surface area contributed by atoms with Crippen molar-refractivity contribution in [2.24, 2.45) is 5.10 Å². The number of nitrogens with zero attached hydrogens (tertiary/aromatic N) is 1. The van der Waals surface area contributed by atoms with E-state index in [0.29, 0.717) is 0 Å². The fourth-order valence-corrected chi connectivity index (χ4v) is 2.17. The number of aliphatic hydroxyl groups excluding tert-OH is 1. The normalized spacial score (nSPS) is 18.7. The van der Waals surface area contributed by atoms with Crippen molar-refractivity contribution in [1.29, 1.82) is 0 Å². The summed E-state index contributed by atoms with van der Waals surface area (Å²) in [7, 11) is 0. The molecule has 1 unspecified atom stereocenters. The first-order chi connectivity index (χ1) is 12.1. The number of aliphatic hydroxyl groups is 1. The summed E-state index contributed by atoms with van der Waals surface area (Å²) >= 11 is 0. The molecule has 2 aromatic carbocycles. The zero-order chi connectivity index (χ0) is 17.7. The molecule has 0 saturated carbocycles. The Labute approximate surface area is 143 Å². The van der Waals surface area contributed by atoms with Crippen LogP contribution in [0.2, 0.25) is 0 Å². The average molecular weight is 340 g/mol. The van der Waals surface area contributed by atoms with Crippen molar-refractivity contribution in [3.05, 3.63) is 83.1 Å². The average Bonchev–Trinajstić information content (AvgIpc) is 2.60. The van der Waals surface area contributed by atoms with E-state index in [1.807, 2.05) is 30.3 Å². The molecule has 0 bridgehead atoms. The molecule has 0 aromatic heterocycles. The van der Waals surface area contributed by atoms with E-state index in [4.69, 9.17) is 4.74 Å². The third-order valence-corrected chi connectivity index (χ3v) is 3.40.